The second kappa shape index (κ2) is 9.61. The molecule has 0 spiro atoms. The first-order valence-electron chi connectivity index (χ1n) is 10.8. The molecule has 0 N–H and O–H groups in total. The summed E-state index contributed by atoms with van der Waals surface area (Å²) in [5.74, 6) is 0.560. The van der Waals surface area contributed by atoms with Crippen LogP contribution in [0.5, 0.6) is 5.75 Å². The van der Waals surface area contributed by atoms with E-state index in [2.05, 4.69) is 16.9 Å². The third-order valence-corrected chi connectivity index (χ3v) is 6.19. The van der Waals surface area contributed by atoms with Crippen LogP contribution in [0.1, 0.15) is 24.0 Å². The zero-order chi connectivity index (χ0) is 22.7. The second-order valence-electron chi connectivity index (χ2n) is 8.03. The summed E-state index contributed by atoms with van der Waals surface area (Å²) >= 11 is 6.16. The number of carbonyl (C=O) groups is 2. The molecular formula is C24H27ClN4O3. The molecule has 2 aliphatic rings. The molecular weight excluding hydrogens is 428 g/mol. The Balaban J connectivity index is 1.38. The van der Waals surface area contributed by atoms with Crippen molar-refractivity contribution in [3.8, 4) is 5.75 Å². The maximum absolute atomic E-state index is 12.9. The Bertz CT molecular complexity index is 1030. The molecule has 1 fully saturated rings. The van der Waals surface area contributed by atoms with Crippen LogP contribution in [0.3, 0.4) is 0 Å². The molecule has 4 rings (SSSR count). The normalized spacial score (nSPS) is 16.8. The molecule has 7 nitrogen and oxygen atoms in total. The molecule has 1 saturated heterocycles. The van der Waals surface area contributed by atoms with Crippen LogP contribution in [-0.2, 0) is 9.59 Å². The fourth-order valence-electron chi connectivity index (χ4n) is 4.06. The average Bonchev–Trinajstić information content (AvgIpc) is 2.82. The van der Waals surface area contributed by atoms with Gasteiger partial charge in [-0.15, -0.1) is 0 Å². The van der Waals surface area contributed by atoms with Gasteiger partial charge in [0.25, 0.3) is 0 Å². The van der Waals surface area contributed by atoms with Gasteiger partial charge < -0.3 is 14.5 Å². The SMILES string of the molecule is COc1ccc(C2=NN(CC(=O)N3CCN(c4cc(Cl)ccc4C)CC3)C(=O)CC2)cc1. The van der Waals surface area contributed by atoms with E-state index in [0.29, 0.717) is 31.0 Å². The number of piperazine rings is 1. The first-order valence-corrected chi connectivity index (χ1v) is 11.1. The highest BCUT2D eigenvalue weighted by atomic mass is 35.5. The number of carbonyl (C=O) groups excluding carboxylic acids is 2. The Morgan fingerprint density at radius 1 is 1.06 bits per heavy atom. The summed E-state index contributed by atoms with van der Waals surface area (Å²) in [6.07, 6.45) is 0.910. The van der Waals surface area contributed by atoms with Gasteiger partial charge in [0.15, 0.2) is 0 Å². The second-order valence-corrected chi connectivity index (χ2v) is 8.46. The Hall–Kier alpha value is -3.06. The van der Waals surface area contributed by atoms with Crippen LogP contribution in [0.15, 0.2) is 47.6 Å². The van der Waals surface area contributed by atoms with E-state index >= 15 is 0 Å². The zero-order valence-corrected chi connectivity index (χ0v) is 19.1. The van der Waals surface area contributed by atoms with Crippen molar-refractivity contribution in [3.63, 3.8) is 0 Å². The van der Waals surface area contributed by atoms with Gasteiger partial charge in [-0.1, -0.05) is 17.7 Å². The number of aryl methyl sites for hydroxylation is 1. The molecule has 0 aromatic heterocycles. The van der Waals surface area contributed by atoms with Crippen LogP contribution in [0.25, 0.3) is 0 Å². The molecule has 2 aliphatic heterocycles. The predicted octanol–water partition coefficient (Wildman–Crippen LogP) is 3.33. The lowest BCUT2D eigenvalue weighted by Gasteiger charge is -2.37. The summed E-state index contributed by atoms with van der Waals surface area (Å²) in [6.45, 7) is 4.67. The van der Waals surface area contributed by atoms with Gasteiger partial charge in [-0.05, 0) is 54.4 Å². The molecule has 168 valence electrons. The van der Waals surface area contributed by atoms with Crippen molar-refractivity contribution in [3.05, 3.63) is 58.6 Å². The van der Waals surface area contributed by atoms with Gasteiger partial charge in [0.2, 0.25) is 11.8 Å². The van der Waals surface area contributed by atoms with Crippen molar-refractivity contribution in [1.29, 1.82) is 0 Å². The number of nitrogens with zero attached hydrogens (tertiary/aromatic N) is 4. The molecule has 2 amide bonds. The molecule has 0 aliphatic carbocycles. The van der Waals surface area contributed by atoms with Crippen LogP contribution >= 0.6 is 11.6 Å². The molecule has 0 saturated carbocycles. The quantitative estimate of drug-likeness (QED) is 0.695. The molecule has 2 aromatic rings. The first-order chi connectivity index (χ1) is 15.4. The average molecular weight is 455 g/mol. The largest absolute Gasteiger partial charge is 0.497 e. The van der Waals surface area contributed by atoms with E-state index in [1.807, 2.05) is 42.5 Å². The highest BCUT2D eigenvalue weighted by Gasteiger charge is 2.28. The molecule has 2 heterocycles. The number of halogens is 1. The number of anilines is 1. The van der Waals surface area contributed by atoms with E-state index < -0.39 is 0 Å². The third-order valence-electron chi connectivity index (χ3n) is 5.96. The number of methoxy groups -OCH3 is 1. The predicted molar refractivity (Wildman–Crippen MR) is 125 cm³/mol. The Labute approximate surface area is 193 Å². The van der Waals surface area contributed by atoms with Crippen LogP contribution < -0.4 is 9.64 Å². The van der Waals surface area contributed by atoms with Gasteiger partial charge in [0.05, 0.1) is 12.8 Å². The highest BCUT2D eigenvalue weighted by Crippen LogP contribution is 2.25. The lowest BCUT2D eigenvalue weighted by molar-refractivity contribution is -0.141. The third kappa shape index (κ3) is 4.88. The standard InChI is InChI=1S/C24H27ClN4O3/c1-17-3-6-19(25)15-22(17)27-11-13-28(14-12-27)24(31)16-29-23(30)10-9-21(26-29)18-4-7-20(32-2)8-5-18/h3-8,15H,9-14,16H2,1-2H3. The van der Waals surface area contributed by atoms with E-state index in [-0.39, 0.29) is 18.4 Å². The maximum atomic E-state index is 12.9. The van der Waals surface area contributed by atoms with Gasteiger partial charge in [0, 0.05) is 49.7 Å². The summed E-state index contributed by atoms with van der Waals surface area (Å²) in [5.41, 5.74) is 4.00. The number of hydrogen-bond acceptors (Lipinski definition) is 5. The summed E-state index contributed by atoms with van der Waals surface area (Å²) < 4.78 is 5.20. The van der Waals surface area contributed by atoms with Crippen LogP contribution in [-0.4, -0.2) is 67.3 Å². The minimum absolute atomic E-state index is 0.0331. The summed E-state index contributed by atoms with van der Waals surface area (Å²) in [5, 5.41) is 6.52. The van der Waals surface area contributed by atoms with Crippen molar-refractivity contribution < 1.29 is 14.3 Å². The summed E-state index contributed by atoms with van der Waals surface area (Å²) in [4.78, 5) is 29.4. The summed E-state index contributed by atoms with van der Waals surface area (Å²) in [6, 6.07) is 13.4. The number of amides is 2. The molecule has 8 heteroatoms. The number of rotatable bonds is 5. The molecule has 32 heavy (non-hydrogen) atoms. The van der Waals surface area contributed by atoms with Crippen molar-refractivity contribution in [2.45, 2.75) is 19.8 Å². The lowest BCUT2D eigenvalue weighted by atomic mass is 10.0. The Kier molecular flexibility index (Phi) is 6.65. The maximum Gasteiger partial charge on any atom is 0.244 e. The van der Waals surface area contributed by atoms with E-state index in [0.717, 1.165) is 41.4 Å². The summed E-state index contributed by atoms with van der Waals surface area (Å²) in [7, 11) is 1.62. The van der Waals surface area contributed by atoms with Gasteiger partial charge in [-0.3, -0.25) is 9.59 Å². The topological polar surface area (TPSA) is 65.5 Å². The van der Waals surface area contributed by atoms with Crippen LogP contribution in [0, 0.1) is 6.92 Å². The van der Waals surface area contributed by atoms with Crippen LogP contribution in [0.4, 0.5) is 5.69 Å². The van der Waals surface area contributed by atoms with Gasteiger partial charge in [-0.25, -0.2) is 5.01 Å². The molecule has 0 unspecified atom stereocenters. The minimum atomic E-state index is -0.121. The van der Waals surface area contributed by atoms with Crippen molar-refractivity contribution in [2.24, 2.45) is 5.10 Å². The first kappa shape index (κ1) is 22.1. The Morgan fingerprint density at radius 2 is 1.78 bits per heavy atom. The lowest BCUT2D eigenvalue weighted by Crippen LogP contribution is -2.51. The molecule has 0 bridgehead atoms. The number of hydrogen-bond donors (Lipinski definition) is 0. The zero-order valence-electron chi connectivity index (χ0n) is 18.4. The van der Waals surface area contributed by atoms with E-state index in [4.69, 9.17) is 16.3 Å². The van der Waals surface area contributed by atoms with E-state index in [9.17, 15) is 9.59 Å². The highest BCUT2D eigenvalue weighted by molar-refractivity contribution is 6.30. The Morgan fingerprint density at radius 3 is 2.47 bits per heavy atom. The van der Waals surface area contributed by atoms with E-state index in [1.165, 1.54) is 5.01 Å². The van der Waals surface area contributed by atoms with Crippen molar-refractivity contribution in [1.82, 2.24) is 9.91 Å². The number of ether oxygens (including phenoxy) is 1. The van der Waals surface area contributed by atoms with Crippen LogP contribution in [0.2, 0.25) is 5.02 Å². The van der Waals surface area contributed by atoms with Crippen molar-refractivity contribution in [2.75, 3.05) is 44.7 Å². The fourth-order valence-corrected chi connectivity index (χ4v) is 4.23. The fraction of sp³-hybridized carbons (Fsp3) is 0.375. The number of benzene rings is 2. The van der Waals surface area contributed by atoms with Gasteiger partial charge in [-0.2, -0.15) is 5.10 Å². The minimum Gasteiger partial charge on any atom is -0.497 e. The van der Waals surface area contributed by atoms with Gasteiger partial charge >= 0.3 is 0 Å². The molecule has 0 atom stereocenters. The van der Waals surface area contributed by atoms with Gasteiger partial charge in [0.1, 0.15) is 12.3 Å². The smallest absolute Gasteiger partial charge is 0.244 e. The molecule has 0 radical (unpaired) electrons. The van der Waals surface area contributed by atoms with E-state index in [1.54, 1.807) is 12.0 Å². The molecule has 2 aromatic carbocycles. The monoisotopic (exact) mass is 454 g/mol. The van der Waals surface area contributed by atoms with Crippen molar-refractivity contribution >= 4 is 34.8 Å². The number of hydrazone groups is 1.